The molecule has 1 fully saturated rings. The molecule has 1 aliphatic rings. The fourth-order valence-corrected chi connectivity index (χ4v) is 2.44. The Bertz CT molecular complexity index is 863. The topological polar surface area (TPSA) is 63.0 Å². The number of pyridine rings is 1. The molecule has 0 spiro atoms. The van der Waals surface area contributed by atoms with E-state index in [4.69, 9.17) is 0 Å². The van der Waals surface area contributed by atoms with E-state index in [0.29, 0.717) is 17.2 Å². The highest BCUT2D eigenvalue weighted by Crippen LogP contribution is 2.41. The molecule has 0 bridgehead atoms. The Kier molecular flexibility index (Phi) is 2.26. The SMILES string of the molecule is O=c1[nH]c(-c2cncc(F)c2)cc2c(C3CC3)cnn12. The van der Waals surface area contributed by atoms with Gasteiger partial charge in [-0.25, -0.2) is 9.18 Å². The maximum Gasteiger partial charge on any atom is 0.347 e. The minimum atomic E-state index is -0.431. The van der Waals surface area contributed by atoms with Crippen molar-refractivity contribution in [1.82, 2.24) is 19.6 Å². The van der Waals surface area contributed by atoms with Crippen LogP contribution in [0.1, 0.15) is 24.3 Å². The van der Waals surface area contributed by atoms with Crippen LogP contribution in [0.2, 0.25) is 0 Å². The number of halogens is 1. The van der Waals surface area contributed by atoms with Crippen LogP contribution in [-0.2, 0) is 0 Å². The first-order valence-electron chi connectivity index (χ1n) is 6.44. The van der Waals surface area contributed by atoms with E-state index in [1.807, 2.05) is 6.07 Å². The van der Waals surface area contributed by atoms with Crippen molar-refractivity contribution in [1.29, 1.82) is 0 Å². The van der Waals surface area contributed by atoms with E-state index >= 15 is 0 Å². The molecule has 0 atom stereocenters. The third kappa shape index (κ3) is 1.72. The van der Waals surface area contributed by atoms with Crippen molar-refractivity contribution in [3.63, 3.8) is 0 Å². The lowest BCUT2D eigenvalue weighted by Crippen LogP contribution is -2.17. The lowest BCUT2D eigenvalue weighted by atomic mass is 10.1. The van der Waals surface area contributed by atoms with E-state index in [1.165, 1.54) is 16.8 Å². The van der Waals surface area contributed by atoms with Gasteiger partial charge in [0, 0.05) is 17.3 Å². The van der Waals surface area contributed by atoms with Crippen LogP contribution in [0.5, 0.6) is 0 Å². The number of rotatable bonds is 2. The lowest BCUT2D eigenvalue weighted by molar-refractivity contribution is 0.622. The quantitative estimate of drug-likeness (QED) is 0.775. The smallest absolute Gasteiger partial charge is 0.305 e. The molecule has 6 heteroatoms. The highest BCUT2D eigenvalue weighted by molar-refractivity contribution is 5.67. The second kappa shape index (κ2) is 4.00. The second-order valence-corrected chi connectivity index (χ2v) is 5.05. The molecular weight excluding hydrogens is 259 g/mol. The molecule has 5 nitrogen and oxygen atoms in total. The maximum absolute atomic E-state index is 13.3. The zero-order valence-corrected chi connectivity index (χ0v) is 10.5. The average molecular weight is 270 g/mol. The first-order chi connectivity index (χ1) is 9.72. The molecule has 100 valence electrons. The van der Waals surface area contributed by atoms with Gasteiger partial charge in [-0.3, -0.25) is 4.98 Å². The van der Waals surface area contributed by atoms with Crippen molar-refractivity contribution < 1.29 is 4.39 Å². The molecule has 3 heterocycles. The van der Waals surface area contributed by atoms with Gasteiger partial charge in [-0.1, -0.05) is 0 Å². The Balaban J connectivity index is 1.96. The minimum Gasteiger partial charge on any atom is -0.305 e. The standard InChI is InChI=1S/C14H11FN4O/c15-10-3-9(5-16-6-10)12-4-13-11(8-1-2-8)7-17-19(13)14(20)18-12/h3-8H,1-2H2,(H,18,20). The zero-order valence-electron chi connectivity index (χ0n) is 10.5. The molecule has 0 amide bonds. The van der Waals surface area contributed by atoms with Crippen LogP contribution in [0.15, 0.2) is 35.5 Å². The molecule has 0 radical (unpaired) electrons. The zero-order chi connectivity index (χ0) is 13.7. The Morgan fingerprint density at radius 1 is 1.25 bits per heavy atom. The number of hydrogen-bond acceptors (Lipinski definition) is 3. The summed E-state index contributed by atoms with van der Waals surface area (Å²) in [6.07, 6.45) is 6.67. The van der Waals surface area contributed by atoms with Gasteiger partial charge in [0.1, 0.15) is 5.82 Å². The molecule has 1 aliphatic carbocycles. The van der Waals surface area contributed by atoms with E-state index < -0.39 is 5.82 Å². The van der Waals surface area contributed by atoms with Crippen LogP contribution < -0.4 is 5.69 Å². The molecule has 20 heavy (non-hydrogen) atoms. The van der Waals surface area contributed by atoms with E-state index in [2.05, 4.69) is 15.1 Å². The monoisotopic (exact) mass is 270 g/mol. The molecule has 0 saturated heterocycles. The number of H-pyrrole nitrogens is 1. The van der Waals surface area contributed by atoms with E-state index in [9.17, 15) is 9.18 Å². The molecule has 3 aromatic rings. The summed E-state index contributed by atoms with van der Waals surface area (Å²) in [5.41, 5.74) is 2.65. The summed E-state index contributed by atoms with van der Waals surface area (Å²) in [5.74, 6) is 0.0620. The molecule has 4 rings (SSSR count). The first-order valence-corrected chi connectivity index (χ1v) is 6.44. The summed E-state index contributed by atoms with van der Waals surface area (Å²) in [5, 5.41) is 4.11. The van der Waals surface area contributed by atoms with Crippen LogP contribution >= 0.6 is 0 Å². The van der Waals surface area contributed by atoms with Crippen LogP contribution in [0.25, 0.3) is 16.8 Å². The van der Waals surface area contributed by atoms with Crippen LogP contribution in [0, 0.1) is 5.82 Å². The maximum atomic E-state index is 13.3. The van der Waals surface area contributed by atoms with Gasteiger partial charge in [0.25, 0.3) is 0 Å². The van der Waals surface area contributed by atoms with Crippen molar-refractivity contribution in [2.45, 2.75) is 18.8 Å². The van der Waals surface area contributed by atoms with Crippen molar-refractivity contribution in [2.24, 2.45) is 0 Å². The predicted molar refractivity (Wildman–Crippen MR) is 71.0 cm³/mol. The van der Waals surface area contributed by atoms with Crippen LogP contribution in [0.4, 0.5) is 4.39 Å². The fourth-order valence-electron chi connectivity index (χ4n) is 2.44. The normalized spacial score (nSPS) is 14.8. The number of aromatic nitrogens is 4. The van der Waals surface area contributed by atoms with Crippen molar-refractivity contribution in [3.8, 4) is 11.3 Å². The van der Waals surface area contributed by atoms with Crippen molar-refractivity contribution in [2.75, 3.05) is 0 Å². The summed E-state index contributed by atoms with van der Waals surface area (Å²) < 4.78 is 14.6. The van der Waals surface area contributed by atoms with Crippen LogP contribution in [0.3, 0.4) is 0 Å². The summed E-state index contributed by atoms with van der Waals surface area (Å²) >= 11 is 0. The van der Waals surface area contributed by atoms with E-state index in [1.54, 1.807) is 6.20 Å². The van der Waals surface area contributed by atoms with E-state index in [0.717, 1.165) is 30.1 Å². The summed E-state index contributed by atoms with van der Waals surface area (Å²) in [6, 6.07) is 3.18. The molecule has 3 aromatic heterocycles. The molecule has 1 N–H and O–H groups in total. The van der Waals surface area contributed by atoms with E-state index in [-0.39, 0.29) is 5.69 Å². The highest BCUT2D eigenvalue weighted by Gasteiger charge is 2.27. The Labute approximate surface area is 113 Å². The Hall–Kier alpha value is -2.50. The predicted octanol–water partition coefficient (Wildman–Crippen LogP) is 2.10. The van der Waals surface area contributed by atoms with Gasteiger partial charge in [0.15, 0.2) is 0 Å². The Morgan fingerprint density at radius 2 is 2.10 bits per heavy atom. The third-order valence-electron chi connectivity index (χ3n) is 3.58. The summed E-state index contributed by atoms with van der Waals surface area (Å²) in [7, 11) is 0. The number of nitrogens with zero attached hydrogens (tertiary/aromatic N) is 3. The lowest BCUT2D eigenvalue weighted by Gasteiger charge is -2.03. The Morgan fingerprint density at radius 3 is 2.85 bits per heavy atom. The average Bonchev–Trinajstić information content (AvgIpc) is 3.18. The molecule has 0 aromatic carbocycles. The number of hydrogen-bond donors (Lipinski definition) is 1. The van der Waals surface area contributed by atoms with Gasteiger partial charge in [-0.15, -0.1) is 0 Å². The second-order valence-electron chi connectivity index (χ2n) is 5.05. The van der Waals surface area contributed by atoms with Crippen LogP contribution in [-0.4, -0.2) is 19.6 Å². The first kappa shape index (κ1) is 11.3. The molecule has 0 aliphatic heterocycles. The summed E-state index contributed by atoms with van der Waals surface area (Å²) in [6.45, 7) is 0. The number of nitrogens with one attached hydrogen (secondary N) is 1. The third-order valence-corrected chi connectivity index (χ3v) is 3.58. The van der Waals surface area contributed by atoms with Gasteiger partial charge >= 0.3 is 5.69 Å². The summed E-state index contributed by atoms with van der Waals surface area (Å²) in [4.78, 5) is 18.6. The number of aromatic amines is 1. The highest BCUT2D eigenvalue weighted by atomic mass is 19.1. The number of fused-ring (bicyclic) bond motifs is 1. The largest absolute Gasteiger partial charge is 0.347 e. The fraction of sp³-hybridized carbons (Fsp3) is 0.214. The molecule has 1 saturated carbocycles. The van der Waals surface area contributed by atoms with Crippen molar-refractivity contribution >= 4 is 5.52 Å². The molecule has 0 unspecified atom stereocenters. The van der Waals surface area contributed by atoms with Gasteiger partial charge in [-0.05, 0) is 30.9 Å². The van der Waals surface area contributed by atoms with Crippen molar-refractivity contribution in [3.05, 3.63) is 52.6 Å². The van der Waals surface area contributed by atoms with Gasteiger partial charge < -0.3 is 4.98 Å². The van der Waals surface area contributed by atoms with Gasteiger partial charge in [0.2, 0.25) is 0 Å². The van der Waals surface area contributed by atoms with Gasteiger partial charge in [0.05, 0.1) is 23.6 Å². The minimum absolute atomic E-state index is 0.325. The van der Waals surface area contributed by atoms with Gasteiger partial charge in [-0.2, -0.15) is 9.61 Å². The molecular formula is C14H11FN4O.